The van der Waals surface area contributed by atoms with Gasteiger partial charge in [-0.05, 0) is 48.4 Å². The lowest BCUT2D eigenvalue weighted by Crippen LogP contribution is -2.52. The minimum absolute atomic E-state index is 0.150. The van der Waals surface area contributed by atoms with Crippen molar-refractivity contribution in [1.82, 2.24) is 25.1 Å². The number of likely N-dealkylation sites (tertiary alicyclic amines) is 1. The number of hydrogen-bond acceptors (Lipinski definition) is 5. The summed E-state index contributed by atoms with van der Waals surface area (Å²) >= 11 is 0. The molecule has 134 valence electrons. The number of halogens is 1. The molecule has 1 aromatic rings. The van der Waals surface area contributed by atoms with E-state index in [2.05, 4.69) is 20.4 Å². The van der Waals surface area contributed by atoms with E-state index in [4.69, 9.17) is 0 Å². The molecule has 7 nitrogen and oxygen atoms in total. The lowest BCUT2D eigenvalue weighted by Gasteiger charge is -2.44. The van der Waals surface area contributed by atoms with Crippen molar-refractivity contribution in [2.45, 2.75) is 45.2 Å². The maximum atomic E-state index is 13.1. The van der Waals surface area contributed by atoms with Gasteiger partial charge in [-0.15, -0.1) is 0 Å². The SMILES string of the molecule is CN(CCC1CCN(C(=O)C2(C)CC(F)C2)CC1)c1nnnn1C. The molecule has 1 saturated carbocycles. The van der Waals surface area contributed by atoms with Gasteiger partial charge in [-0.25, -0.2) is 9.07 Å². The minimum Gasteiger partial charge on any atom is -0.343 e. The fourth-order valence-electron chi connectivity index (χ4n) is 3.92. The molecule has 2 fully saturated rings. The van der Waals surface area contributed by atoms with Crippen molar-refractivity contribution < 1.29 is 9.18 Å². The summed E-state index contributed by atoms with van der Waals surface area (Å²) in [6, 6.07) is 0. The fourth-order valence-corrected chi connectivity index (χ4v) is 3.92. The average Bonchev–Trinajstić information content (AvgIpc) is 2.97. The molecule has 2 heterocycles. The normalized spacial score (nSPS) is 27.8. The van der Waals surface area contributed by atoms with Gasteiger partial charge in [0, 0.05) is 33.7 Å². The zero-order valence-electron chi connectivity index (χ0n) is 14.8. The summed E-state index contributed by atoms with van der Waals surface area (Å²) in [5, 5.41) is 11.5. The predicted octanol–water partition coefficient (Wildman–Crippen LogP) is 1.41. The Morgan fingerprint density at radius 1 is 1.38 bits per heavy atom. The number of hydrogen-bond donors (Lipinski definition) is 0. The van der Waals surface area contributed by atoms with E-state index in [1.54, 1.807) is 4.68 Å². The number of rotatable bonds is 5. The molecule has 1 aliphatic heterocycles. The Balaban J connectivity index is 1.42. The first-order valence-corrected chi connectivity index (χ1v) is 8.76. The maximum Gasteiger partial charge on any atom is 0.244 e. The second kappa shape index (κ2) is 6.64. The van der Waals surface area contributed by atoms with E-state index >= 15 is 0 Å². The molecule has 0 N–H and O–H groups in total. The number of alkyl halides is 1. The van der Waals surface area contributed by atoms with Crippen molar-refractivity contribution >= 4 is 11.9 Å². The molecule has 0 radical (unpaired) electrons. The molecule has 24 heavy (non-hydrogen) atoms. The van der Waals surface area contributed by atoms with Crippen LogP contribution in [0.1, 0.15) is 39.0 Å². The van der Waals surface area contributed by atoms with E-state index in [0.717, 1.165) is 44.8 Å². The monoisotopic (exact) mass is 338 g/mol. The maximum absolute atomic E-state index is 13.1. The van der Waals surface area contributed by atoms with Crippen LogP contribution >= 0.6 is 0 Å². The fraction of sp³-hybridized carbons (Fsp3) is 0.875. The van der Waals surface area contributed by atoms with Gasteiger partial charge in [-0.1, -0.05) is 12.0 Å². The number of anilines is 1. The minimum atomic E-state index is -0.790. The molecule has 8 heteroatoms. The molecule has 3 rings (SSSR count). The number of carbonyl (C=O) groups is 1. The summed E-state index contributed by atoms with van der Waals surface area (Å²) in [6.45, 7) is 4.39. The lowest BCUT2D eigenvalue weighted by atomic mass is 9.68. The van der Waals surface area contributed by atoms with E-state index in [1.165, 1.54) is 0 Å². The van der Waals surface area contributed by atoms with Crippen molar-refractivity contribution in [3.8, 4) is 0 Å². The molecule has 1 aliphatic carbocycles. The molecule has 0 spiro atoms. The number of amides is 1. The first kappa shape index (κ1) is 17.1. The molecule has 0 atom stereocenters. The van der Waals surface area contributed by atoms with Crippen LogP contribution < -0.4 is 4.90 Å². The Labute approximate surface area is 142 Å². The summed E-state index contributed by atoms with van der Waals surface area (Å²) in [6.07, 6.45) is 3.10. The Morgan fingerprint density at radius 3 is 2.58 bits per heavy atom. The van der Waals surface area contributed by atoms with Gasteiger partial charge in [0.25, 0.3) is 0 Å². The number of carbonyl (C=O) groups excluding carboxylic acids is 1. The van der Waals surface area contributed by atoms with Crippen LogP contribution in [0.3, 0.4) is 0 Å². The quantitative estimate of drug-likeness (QED) is 0.812. The van der Waals surface area contributed by atoms with Gasteiger partial charge in [0.05, 0.1) is 5.41 Å². The van der Waals surface area contributed by atoms with Crippen molar-refractivity contribution in [3.63, 3.8) is 0 Å². The second-order valence-corrected chi connectivity index (χ2v) is 7.61. The van der Waals surface area contributed by atoms with Crippen molar-refractivity contribution in [3.05, 3.63) is 0 Å². The van der Waals surface area contributed by atoms with Crippen LogP contribution in [0.4, 0.5) is 10.3 Å². The van der Waals surface area contributed by atoms with Gasteiger partial charge in [0.15, 0.2) is 0 Å². The van der Waals surface area contributed by atoms with Gasteiger partial charge in [-0.3, -0.25) is 4.79 Å². The summed E-state index contributed by atoms with van der Waals surface area (Å²) in [5.41, 5.74) is -0.454. The standard InChI is InChI=1S/C16H27FN6O/c1-16(10-13(17)11-16)14(24)23-8-5-12(6-9-23)4-7-21(2)15-18-19-20-22(15)3/h12-13H,4-11H2,1-3H3. The molecule has 1 saturated heterocycles. The van der Waals surface area contributed by atoms with Crippen LogP contribution in [0.25, 0.3) is 0 Å². The molecular weight excluding hydrogens is 311 g/mol. The zero-order chi connectivity index (χ0) is 17.3. The smallest absolute Gasteiger partial charge is 0.244 e. The number of aromatic nitrogens is 4. The highest BCUT2D eigenvalue weighted by molar-refractivity contribution is 5.83. The van der Waals surface area contributed by atoms with E-state index < -0.39 is 11.6 Å². The van der Waals surface area contributed by atoms with Crippen LogP contribution in [-0.2, 0) is 11.8 Å². The number of tetrazole rings is 1. The molecule has 1 amide bonds. The molecule has 0 bridgehead atoms. The topological polar surface area (TPSA) is 67.2 Å². The molecule has 1 aromatic heterocycles. The highest BCUT2D eigenvalue weighted by atomic mass is 19.1. The highest BCUT2D eigenvalue weighted by Crippen LogP contribution is 2.44. The van der Waals surface area contributed by atoms with Crippen LogP contribution in [0, 0.1) is 11.3 Å². The van der Waals surface area contributed by atoms with E-state index in [1.807, 2.05) is 25.9 Å². The molecule has 0 aromatic carbocycles. The van der Waals surface area contributed by atoms with Crippen molar-refractivity contribution in [2.24, 2.45) is 18.4 Å². The van der Waals surface area contributed by atoms with Crippen LogP contribution in [0.15, 0.2) is 0 Å². The second-order valence-electron chi connectivity index (χ2n) is 7.61. The average molecular weight is 338 g/mol. The number of aryl methyl sites for hydroxylation is 1. The Kier molecular flexibility index (Phi) is 4.73. The third-order valence-electron chi connectivity index (χ3n) is 5.57. The Hall–Kier alpha value is -1.73. The van der Waals surface area contributed by atoms with Gasteiger partial charge in [0.1, 0.15) is 6.17 Å². The zero-order valence-corrected chi connectivity index (χ0v) is 14.8. The largest absolute Gasteiger partial charge is 0.343 e. The highest BCUT2D eigenvalue weighted by Gasteiger charge is 2.48. The first-order chi connectivity index (χ1) is 11.4. The first-order valence-electron chi connectivity index (χ1n) is 8.76. The number of nitrogens with zero attached hydrogens (tertiary/aromatic N) is 6. The van der Waals surface area contributed by atoms with Gasteiger partial charge >= 0.3 is 0 Å². The lowest BCUT2D eigenvalue weighted by molar-refractivity contribution is -0.151. The van der Waals surface area contributed by atoms with Gasteiger partial charge < -0.3 is 9.80 Å². The van der Waals surface area contributed by atoms with Gasteiger partial charge in [-0.2, -0.15) is 0 Å². The third kappa shape index (κ3) is 3.37. The van der Waals surface area contributed by atoms with Gasteiger partial charge in [0.2, 0.25) is 11.9 Å². The van der Waals surface area contributed by atoms with Crippen LogP contribution in [0.2, 0.25) is 0 Å². The predicted molar refractivity (Wildman–Crippen MR) is 88.2 cm³/mol. The Morgan fingerprint density at radius 2 is 2.04 bits per heavy atom. The van der Waals surface area contributed by atoms with Crippen LogP contribution in [0.5, 0.6) is 0 Å². The summed E-state index contributed by atoms with van der Waals surface area (Å²) < 4.78 is 14.8. The van der Waals surface area contributed by atoms with Crippen molar-refractivity contribution in [2.75, 3.05) is 31.6 Å². The summed E-state index contributed by atoms with van der Waals surface area (Å²) in [7, 11) is 3.83. The van der Waals surface area contributed by atoms with Crippen molar-refractivity contribution in [1.29, 1.82) is 0 Å². The number of piperidine rings is 1. The third-order valence-corrected chi connectivity index (χ3v) is 5.57. The molecule has 0 unspecified atom stereocenters. The molecular formula is C16H27FN6O. The van der Waals surface area contributed by atoms with Crippen LogP contribution in [-0.4, -0.2) is 63.9 Å². The Bertz CT molecular complexity index is 577. The molecule has 2 aliphatic rings. The van der Waals surface area contributed by atoms with E-state index in [-0.39, 0.29) is 5.91 Å². The van der Waals surface area contributed by atoms with E-state index in [9.17, 15) is 9.18 Å². The summed E-state index contributed by atoms with van der Waals surface area (Å²) in [5.74, 6) is 1.53. The summed E-state index contributed by atoms with van der Waals surface area (Å²) in [4.78, 5) is 16.5. The van der Waals surface area contributed by atoms with E-state index in [0.29, 0.717) is 18.8 Å².